The minimum Gasteiger partial charge on any atom is -0.497 e. The number of unbranched alkanes of at least 4 members (excludes halogenated alkanes) is 18. The molecule has 0 saturated heterocycles. The van der Waals surface area contributed by atoms with Crippen molar-refractivity contribution in [2.24, 2.45) is 0 Å². The molecular weight excluding hydrogens is 957 g/mol. The Morgan fingerprint density at radius 1 is 0.680 bits per heavy atom. The van der Waals surface area contributed by atoms with Gasteiger partial charge in [0.1, 0.15) is 58.3 Å². The number of terminal acetylenes is 1. The van der Waals surface area contributed by atoms with Crippen LogP contribution in [0.2, 0.25) is 0 Å². The van der Waals surface area contributed by atoms with Gasteiger partial charge in [0.25, 0.3) is 0 Å². The molecule has 0 spiro atoms. The Labute approximate surface area is 448 Å². The van der Waals surface area contributed by atoms with Crippen LogP contribution in [0.25, 0.3) is 28.2 Å². The fourth-order valence-electron chi connectivity index (χ4n) is 8.74. The summed E-state index contributed by atoms with van der Waals surface area (Å²) in [5, 5.41) is 39.4. The largest absolute Gasteiger partial charge is 0.497 e. The van der Waals surface area contributed by atoms with E-state index in [-0.39, 0.29) is 26.1 Å². The van der Waals surface area contributed by atoms with Gasteiger partial charge in [0.05, 0.1) is 51.3 Å². The molecule has 0 bridgehead atoms. The molecule has 4 unspecified atom stereocenters. The first kappa shape index (κ1) is 65.8. The van der Waals surface area contributed by atoms with Crippen molar-refractivity contribution in [3.63, 3.8) is 0 Å². The third-order valence-corrected chi connectivity index (χ3v) is 12.8. The average Bonchev–Trinajstić information content (AvgIpc) is 3.37. The smallest absolute Gasteiger partial charge is 0.347 e. The number of carbonyl (C=O) groups is 2. The average molecular weight is 1050 g/mol. The molecule has 14 nitrogen and oxygen atoms in total. The highest BCUT2D eigenvalue weighted by Crippen LogP contribution is 2.47. The van der Waals surface area contributed by atoms with Gasteiger partial charge in [-0.25, -0.2) is 4.79 Å². The summed E-state index contributed by atoms with van der Waals surface area (Å²) < 4.78 is 37.7. The number of esters is 2. The minimum absolute atomic E-state index is 0.0286. The maximum absolute atomic E-state index is 12.9. The Bertz CT molecular complexity index is 2200. The number of aliphatic hydroxyl groups is 4. The quantitative estimate of drug-likeness (QED) is 0.0142. The summed E-state index contributed by atoms with van der Waals surface area (Å²) in [4.78, 5) is 34.1. The second kappa shape index (κ2) is 38.3. The first-order valence-corrected chi connectivity index (χ1v) is 27.3. The van der Waals surface area contributed by atoms with E-state index in [9.17, 15) is 34.8 Å². The molecule has 2 aromatic carbocycles. The number of rotatable bonds is 35. The Morgan fingerprint density at radius 2 is 1.15 bits per heavy atom. The number of ether oxygens (including phenoxy) is 6. The Balaban J connectivity index is 0.000000391. The number of allylic oxidation sites excluding steroid dienone is 1. The molecule has 2 heterocycles. The molecule has 420 valence electrons. The van der Waals surface area contributed by atoms with Crippen LogP contribution < -0.4 is 24.6 Å². The molecule has 0 fully saturated rings. The summed E-state index contributed by atoms with van der Waals surface area (Å²) >= 11 is 0. The van der Waals surface area contributed by atoms with Crippen LogP contribution in [-0.4, -0.2) is 96.9 Å². The minimum atomic E-state index is -0.775. The Kier molecular flexibility index (Phi) is 33.5. The van der Waals surface area contributed by atoms with E-state index >= 15 is 0 Å². The van der Waals surface area contributed by atoms with E-state index in [1.165, 1.54) is 104 Å². The third-order valence-electron chi connectivity index (χ3n) is 12.8. The maximum atomic E-state index is 12.9. The molecule has 4 rings (SSSR count). The zero-order valence-electron chi connectivity index (χ0n) is 46.5. The van der Waals surface area contributed by atoms with Crippen molar-refractivity contribution in [3.05, 3.63) is 65.0 Å². The number of hydrogen-bond donors (Lipinski definition) is 4. The van der Waals surface area contributed by atoms with E-state index in [1.54, 1.807) is 44.6 Å². The molecule has 0 aliphatic carbocycles. The number of hydrogen-bond acceptors (Lipinski definition) is 14. The van der Waals surface area contributed by atoms with Crippen LogP contribution in [0.3, 0.4) is 0 Å². The highest BCUT2D eigenvalue weighted by Gasteiger charge is 2.29. The van der Waals surface area contributed by atoms with Crippen molar-refractivity contribution in [2.75, 3.05) is 34.5 Å². The van der Waals surface area contributed by atoms with Crippen LogP contribution in [0, 0.1) is 12.3 Å². The fraction of sp³-hybridized carbons (Fsp3) is 0.623. The molecule has 0 radical (unpaired) electrons. The van der Waals surface area contributed by atoms with Gasteiger partial charge in [0.2, 0.25) is 0 Å². The van der Waals surface area contributed by atoms with E-state index in [2.05, 4.69) is 12.5 Å². The number of methoxy groups -OCH3 is 3. The van der Waals surface area contributed by atoms with E-state index in [4.69, 9.17) is 39.3 Å². The summed E-state index contributed by atoms with van der Waals surface area (Å²) in [5.41, 5.74) is 1.11. The number of fused-ring (bicyclic) bond motifs is 2. The molecule has 1 aromatic heterocycles. The van der Waals surface area contributed by atoms with Gasteiger partial charge in [-0.05, 0) is 75.8 Å². The lowest BCUT2D eigenvalue weighted by molar-refractivity contribution is -0.145. The highest BCUT2D eigenvalue weighted by molar-refractivity contribution is 5.99. The Morgan fingerprint density at radius 3 is 1.59 bits per heavy atom. The number of carbonyl (C=O) groups excluding carboxylic acids is 2. The van der Waals surface area contributed by atoms with Gasteiger partial charge in [-0.15, -0.1) is 18.9 Å². The second-order valence-corrected chi connectivity index (χ2v) is 19.9. The lowest BCUT2D eigenvalue weighted by Gasteiger charge is -2.29. The van der Waals surface area contributed by atoms with Gasteiger partial charge >= 0.3 is 17.6 Å². The summed E-state index contributed by atoms with van der Waals surface area (Å²) in [5.74, 6) is 4.05. The van der Waals surface area contributed by atoms with E-state index in [1.807, 2.05) is 32.1 Å². The van der Waals surface area contributed by atoms with Crippen molar-refractivity contribution in [1.29, 1.82) is 0 Å². The van der Waals surface area contributed by atoms with Crippen LogP contribution in [0.5, 0.6) is 23.0 Å². The highest BCUT2D eigenvalue weighted by atomic mass is 16.5. The van der Waals surface area contributed by atoms with Crippen molar-refractivity contribution in [3.8, 4) is 46.5 Å². The molecule has 1 aliphatic heterocycles. The third kappa shape index (κ3) is 27.3. The molecular formula is C61H92O14. The van der Waals surface area contributed by atoms with Gasteiger partial charge in [0.15, 0.2) is 0 Å². The summed E-state index contributed by atoms with van der Waals surface area (Å²) in [6.07, 6.45) is 34.5. The molecule has 3 aromatic rings. The molecule has 0 amide bonds. The van der Waals surface area contributed by atoms with Crippen LogP contribution in [0.15, 0.2) is 58.3 Å². The number of aliphatic hydroxyl groups excluding tert-OH is 4. The van der Waals surface area contributed by atoms with Gasteiger partial charge in [-0.1, -0.05) is 121 Å². The zero-order valence-corrected chi connectivity index (χ0v) is 46.5. The second-order valence-electron chi connectivity index (χ2n) is 19.9. The van der Waals surface area contributed by atoms with Crippen LogP contribution in [-0.2, 0) is 19.1 Å². The van der Waals surface area contributed by atoms with Crippen LogP contribution >= 0.6 is 0 Å². The molecule has 0 saturated carbocycles. The van der Waals surface area contributed by atoms with Crippen molar-refractivity contribution >= 4 is 29.0 Å². The predicted octanol–water partition coefficient (Wildman–Crippen LogP) is 12.4. The van der Waals surface area contributed by atoms with Crippen LogP contribution in [0.4, 0.5) is 0 Å². The first-order chi connectivity index (χ1) is 36.0. The number of benzene rings is 2. The lowest BCUT2D eigenvalue weighted by atomic mass is 9.98. The van der Waals surface area contributed by atoms with E-state index in [0.29, 0.717) is 57.9 Å². The standard InChI is InChI=1S/C23H22O6.C19H36O4.C19H34O4/c1-23(2)11-10-15-16(29-23)12-17-19(20(15)26-4)21(27-5)18(22(24)28-17)13-6-8-14(25-3)9-7-13;2*1-3-4-5-6-7-8-9-10-11-12-13-14-18(21)15-19(22)16-23-17(2)20/h6-12H,1-5H3;3,18-19,21-22H,1,4-16H2,2H3;1,18-19,21-22H,4-16H2,2H3. The van der Waals surface area contributed by atoms with Crippen LogP contribution in [0.1, 0.15) is 187 Å². The van der Waals surface area contributed by atoms with Crippen molar-refractivity contribution in [2.45, 2.75) is 212 Å². The molecule has 1 aliphatic rings. The molecule has 75 heavy (non-hydrogen) atoms. The molecule has 4 N–H and O–H groups in total. The van der Waals surface area contributed by atoms with E-state index < -0.39 is 47.6 Å². The van der Waals surface area contributed by atoms with Crippen molar-refractivity contribution in [1.82, 2.24) is 0 Å². The Hall–Kier alpha value is -5.33. The first-order valence-electron chi connectivity index (χ1n) is 27.3. The predicted molar refractivity (Wildman–Crippen MR) is 298 cm³/mol. The fourth-order valence-corrected chi connectivity index (χ4v) is 8.74. The van der Waals surface area contributed by atoms with Gasteiger partial charge < -0.3 is 53.3 Å². The zero-order chi connectivity index (χ0) is 55.4. The monoisotopic (exact) mass is 1050 g/mol. The van der Waals surface area contributed by atoms with Gasteiger partial charge in [0, 0.05) is 39.2 Å². The maximum Gasteiger partial charge on any atom is 0.347 e. The summed E-state index contributed by atoms with van der Waals surface area (Å²) in [6.45, 7) is 10.2. The van der Waals surface area contributed by atoms with Gasteiger partial charge in [-0.2, -0.15) is 0 Å². The van der Waals surface area contributed by atoms with Crippen molar-refractivity contribution < 1.29 is 62.9 Å². The van der Waals surface area contributed by atoms with E-state index in [0.717, 1.165) is 50.5 Å². The topological polar surface area (TPSA) is 201 Å². The lowest BCUT2D eigenvalue weighted by Crippen LogP contribution is -2.27. The molecule has 4 atom stereocenters. The normalized spacial score (nSPS) is 13.7. The molecule has 14 heteroatoms. The summed E-state index contributed by atoms with van der Waals surface area (Å²) in [6, 6.07) is 8.84. The summed E-state index contributed by atoms with van der Waals surface area (Å²) in [7, 11) is 4.68. The SMILES string of the molecule is C#CCCCCCCCCCCCC(O)CC(O)COC(C)=O.C=CCCCCCCCCCCCC(O)CC(O)COC(C)=O.COc1ccc(-c2c(OC)c3c(OC)c4c(cc3oc2=O)OC(C)(C)C=C4)cc1. The van der Waals surface area contributed by atoms with Gasteiger partial charge in [-0.3, -0.25) is 9.59 Å².